The Bertz CT molecular complexity index is 608. The van der Waals surface area contributed by atoms with Gasteiger partial charge in [0.15, 0.2) is 0 Å². The van der Waals surface area contributed by atoms with Crippen LogP contribution < -0.4 is 15.4 Å². The first-order valence-corrected chi connectivity index (χ1v) is 6.72. The molecule has 0 spiro atoms. The van der Waals surface area contributed by atoms with E-state index in [-0.39, 0.29) is 0 Å². The van der Waals surface area contributed by atoms with Gasteiger partial charge in [-0.15, -0.1) is 0 Å². The number of hydrogen-bond acceptors (Lipinski definition) is 3. The lowest BCUT2D eigenvalue weighted by Crippen LogP contribution is -2.18. The van der Waals surface area contributed by atoms with Gasteiger partial charge >= 0.3 is 0 Å². The standard InChI is InChI=1S/C17H22N2O/c1-12-5-8-17(13(2)9-12)19(3)11-14-6-7-15(20-4)10-16(14)18/h5-10H,11,18H2,1-4H3. The van der Waals surface area contributed by atoms with Crippen LogP contribution in [0.5, 0.6) is 5.75 Å². The van der Waals surface area contributed by atoms with Crippen LogP contribution >= 0.6 is 0 Å². The van der Waals surface area contributed by atoms with Crippen molar-refractivity contribution in [2.24, 2.45) is 0 Å². The van der Waals surface area contributed by atoms with Crippen molar-refractivity contribution in [1.82, 2.24) is 0 Å². The molecule has 0 saturated heterocycles. The summed E-state index contributed by atoms with van der Waals surface area (Å²) in [6.45, 7) is 5.02. The van der Waals surface area contributed by atoms with Crippen molar-refractivity contribution in [3.8, 4) is 5.75 Å². The number of anilines is 2. The van der Waals surface area contributed by atoms with Gasteiger partial charge < -0.3 is 15.4 Å². The number of ether oxygens (including phenoxy) is 1. The Kier molecular flexibility index (Phi) is 4.18. The second kappa shape index (κ2) is 5.87. The molecule has 0 unspecified atom stereocenters. The van der Waals surface area contributed by atoms with E-state index in [2.05, 4.69) is 44.0 Å². The average Bonchev–Trinajstić information content (AvgIpc) is 2.40. The van der Waals surface area contributed by atoms with Crippen LogP contribution in [0.1, 0.15) is 16.7 Å². The minimum atomic E-state index is 0.765. The van der Waals surface area contributed by atoms with E-state index in [1.54, 1.807) is 7.11 Å². The highest BCUT2D eigenvalue weighted by Crippen LogP contribution is 2.25. The smallest absolute Gasteiger partial charge is 0.120 e. The predicted molar refractivity (Wildman–Crippen MR) is 85.4 cm³/mol. The van der Waals surface area contributed by atoms with Crippen molar-refractivity contribution in [2.45, 2.75) is 20.4 Å². The SMILES string of the molecule is COc1ccc(CN(C)c2ccc(C)cc2C)c(N)c1. The zero-order valence-electron chi connectivity index (χ0n) is 12.6. The van der Waals surface area contributed by atoms with E-state index >= 15 is 0 Å². The first kappa shape index (κ1) is 14.3. The third-order valence-electron chi connectivity index (χ3n) is 3.52. The number of rotatable bonds is 4. The summed E-state index contributed by atoms with van der Waals surface area (Å²) in [6.07, 6.45) is 0. The van der Waals surface area contributed by atoms with Gasteiger partial charge in [0.05, 0.1) is 7.11 Å². The molecule has 3 nitrogen and oxygen atoms in total. The lowest BCUT2D eigenvalue weighted by Gasteiger charge is -2.23. The largest absolute Gasteiger partial charge is 0.497 e. The van der Waals surface area contributed by atoms with Crippen LogP contribution in [0.2, 0.25) is 0 Å². The fraction of sp³-hybridized carbons (Fsp3) is 0.294. The van der Waals surface area contributed by atoms with Crippen molar-refractivity contribution >= 4 is 11.4 Å². The molecule has 2 rings (SSSR count). The molecule has 0 aliphatic heterocycles. The maximum Gasteiger partial charge on any atom is 0.120 e. The van der Waals surface area contributed by atoms with Gasteiger partial charge in [0.25, 0.3) is 0 Å². The van der Waals surface area contributed by atoms with Gasteiger partial charge in [-0.25, -0.2) is 0 Å². The summed E-state index contributed by atoms with van der Waals surface area (Å²) in [5, 5.41) is 0. The zero-order chi connectivity index (χ0) is 14.7. The molecule has 0 bridgehead atoms. The molecule has 106 valence electrons. The lowest BCUT2D eigenvalue weighted by molar-refractivity contribution is 0.415. The quantitative estimate of drug-likeness (QED) is 0.864. The van der Waals surface area contributed by atoms with E-state index in [4.69, 9.17) is 10.5 Å². The van der Waals surface area contributed by atoms with Gasteiger partial charge in [0.1, 0.15) is 5.75 Å². The second-order valence-electron chi connectivity index (χ2n) is 5.21. The highest BCUT2D eigenvalue weighted by molar-refractivity contribution is 5.57. The van der Waals surface area contributed by atoms with Crippen LogP contribution in [0.15, 0.2) is 36.4 Å². The maximum absolute atomic E-state index is 6.08. The normalized spacial score (nSPS) is 10.4. The van der Waals surface area contributed by atoms with Crippen molar-refractivity contribution in [2.75, 3.05) is 24.8 Å². The molecule has 0 amide bonds. The minimum Gasteiger partial charge on any atom is -0.497 e. The molecule has 0 radical (unpaired) electrons. The summed E-state index contributed by atoms with van der Waals surface area (Å²) >= 11 is 0. The Morgan fingerprint density at radius 3 is 2.45 bits per heavy atom. The van der Waals surface area contributed by atoms with Crippen molar-refractivity contribution in [3.05, 3.63) is 53.1 Å². The van der Waals surface area contributed by atoms with Crippen LogP contribution in [0.25, 0.3) is 0 Å². The summed E-state index contributed by atoms with van der Waals surface area (Å²) in [5.41, 5.74) is 11.7. The van der Waals surface area contributed by atoms with E-state index in [9.17, 15) is 0 Å². The number of nitrogens with two attached hydrogens (primary N) is 1. The molecule has 3 heteroatoms. The van der Waals surface area contributed by atoms with E-state index in [0.29, 0.717) is 0 Å². The first-order chi connectivity index (χ1) is 9.51. The van der Waals surface area contributed by atoms with Crippen LogP contribution in [0.3, 0.4) is 0 Å². The summed E-state index contributed by atoms with van der Waals surface area (Å²) in [4.78, 5) is 2.22. The minimum absolute atomic E-state index is 0.765. The third-order valence-corrected chi connectivity index (χ3v) is 3.52. The highest BCUT2D eigenvalue weighted by atomic mass is 16.5. The van der Waals surface area contributed by atoms with Gasteiger partial charge in [-0.05, 0) is 37.1 Å². The van der Waals surface area contributed by atoms with E-state index in [1.165, 1.54) is 16.8 Å². The number of aryl methyl sites for hydroxylation is 2. The van der Waals surface area contributed by atoms with Crippen molar-refractivity contribution < 1.29 is 4.74 Å². The van der Waals surface area contributed by atoms with E-state index in [1.807, 2.05) is 18.2 Å². The van der Waals surface area contributed by atoms with Crippen LogP contribution in [-0.2, 0) is 6.54 Å². The Balaban J connectivity index is 2.21. The Labute approximate surface area is 121 Å². The predicted octanol–water partition coefficient (Wildman–Crippen LogP) is 3.53. The van der Waals surface area contributed by atoms with Crippen molar-refractivity contribution in [1.29, 1.82) is 0 Å². The molecule has 0 atom stereocenters. The van der Waals surface area contributed by atoms with Gasteiger partial charge in [-0.1, -0.05) is 23.8 Å². The molecule has 0 fully saturated rings. The molecule has 0 aliphatic rings. The summed E-state index contributed by atoms with van der Waals surface area (Å²) in [6, 6.07) is 12.3. The molecule has 2 N–H and O–H groups in total. The second-order valence-corrected chi connectivity index (χ2v) is 5.21. The summed E-state index contributed by atoms with van der Waals surface area (Å²) < 4.78 is 5.18. The van der Waals surface area contributed by atoms with Crippen LogP contribution in [-0.4, -0.2) is 14.2 Å². The van der Waals surface area contributed by atoms with E-state index < -0.39 is 0 Å². The molecule has 2 aromatic rings. The fourth-order valence-corrected chi connectivity index (χ4v) is 2.42. The van der Waals surface area contributed by atoms with Gasteiger partial charge in [-0.2, -0.15) is 0 Å². The average molecular weight is 270 g/mol. The number of benzene rings is 2. The molecular weight excluding hydrogens is 248 g/mol. The fourth-order valence-electron chi connectivity index (χ4n) is 2.42. The molecular formula is C17H22N2O. The molecule has 2 aromatic carbocycles. The van der Waals surface area contributed by atoms with Gasteiger partial charge in [0, 0.05) is 31.0 Å². The lowest BCUT2D eigenvalue weighted by atomic mass is 10.1. The number of methoxy groups -OCH3 is 1. The topological polar surface area (TPSA) is 38.5 Å². The van der Waals surface area contributed by atoms with Gasteiger partial charge in [-0.3, -0.25) is 0 Å². The highest BCUT2D eigenvalue weighted by Gasteiger charge is 2.08. The number of hydrogen-bond donors (Lipinski definition) is 1. The van der Waals surface area contributed by atoms with E-state index in [0.717, 1.165) is 23.5 Å². The van der Waals surface area contributed by atoms with Crippen molar-refractivity contribution in [3.63, 3.8) is 0 Å². The summed E-state index contributed by atoms with van der Waals surface area (Å²) in [5.74, 6) is 0.792. The third kappa shape index (κ3) is 3.05. The Morgan fingerprint density at radius 2 is 1.85 bits per heavy atom. The zero-order valence-corrected chi connectivity index (χ0v) is 12.6. The molecule has 0 aliphatic carbocycles. The number of nitrogens with zero attached hydrogens (tertiary/aromatic N) is 1. The molecule has 0 aromatic heterocycles. The summed E-state index contributed by atoms with van der Waals surface area (Å²) in [7, 11) is 3.73. The maximum atomic E-state index is 6.08. The molecule has 0 saturated carbocycles. The first-order valence-electron chi connectivity index (χ1n) is 6.72. The van der Waals surface area contributed by atoms with Crippen LogP contribution in [0, 0.1) is 13.8 Å². The Morgan fingerprint density at radius 1 is 1.10 bits per heavy atom. The van der Waals surface area contributed by atoms with Gasteiger partial charge in [0.2, 0.25) is 0 Å². The van der Waals surface area contributed by atoms with Crippen LogP contribution in [0.4, 0.5) is 11.4 Å². The molecule has 0 heterocycles. The number of nitrogen functional groups attached to an aromatic ring is 1. The monoisotopic (exact) mass is 270 g/mol. The Hall–Kier alpha value is -2.16. The molecule has 20 heavy (non-hydrogen) atoms.